The molecule has 0 fully saturated rings. The number of nitrogens with one attached hydrogen (secondary N) is 1. The van der Waals surface area contributed by atoms with Crippen LogP contribution in [0.3, 0.4) is 0 Å². The summed E-state index contributed by atoms with van der Waals surface area (Å²) < 4.78 is 5.51. The van der Waals surface area contributed by atoms with Crippen molar-refractivity contribution in [2.75, 3.05) is 17.8 Å². The molecule has 2 aromatic rings. The lowest BCUT2D eigenvalue weighted by Crippen LogP contribution is -2.25. The highest BCUT2D eigenvalue weighted by Gasteiger charge is 2.10. The summed E-state index contributed by atoms with van der Waals surface area (Å²) in [6, 6.07) is 12.1. The van der Waals surface area contributed by atoms with Gasteiger partial charge < -0.3 is 10.1 Å². The van der Waals surface area contributed by atoms with Gasteiger partial charge in [-0.05, 0) is 18.4 Å². The van der Waals surface area contributed by atoms with Gasteiger partial charge in [0, 0.05) is 24.2 Å². The van der Waals surface area contributed by atoms with Crippen LogP contribution in [0.5, 0.6) is 5.88 Å². The Morgan fingerprint density at radius 2 is 2.05 bits per heavy atom. The predicted molar refractivity (Wildman–Crippen MR) is 86.1 cm³/mol. The Kier molecular flexibility index (Phi) is 6.28. The van der Waals surface area contributed by atoms with Crippen molar-refractivity contribution in [3.05, 3.63) is 48.2 Å². The molecular weight excluding hydrogens is 286 g/mol. The Balaban J connectivity index is 1.98. The van der Waals surface area contributed by atoms with Crippen LogP contribution >= 0.6 is 11.6 Å². The third-order valence-corrected chi connectivity index (χ3v) is 3.30. The molecule has 1 unspecified atom stereocenters. The van der Waals surface area contributed by atoms with Crippen LogP contribution in [0.1, 0.15) is 18.9 Å². The maximum absolute atomic E-state index is 6.04. The smallest absolute Gasteiger partial charge is 0.226 e. The van der Waals surface area contributed by atoms with Crippen LogP contribution in [0.25, 0.3) is 0 Å². The highest BCUT2D eigenvalue weighted by Crippen LogP contribution is 2.12. The van der Waals surface area contributed by atoms with E-state index in [1.165, 1.54) is 5.56 Å². The topological polar surface area (TPSA) is 47.0 Å². The van der Waals surface area contributed by atoms with Gasteiger partial charge in [0.05, 0.1) is 6.61 Å². The van der Waals surface area contributed by atoms with E-state index in [0.717, 1.165) is 12.8 Å². The number of halogens is 1. The quantitative estimate of drug-likeness (QED) is 0.758. The van der Waals surface area contributed by atoms with Gasteiger partial charge in [0.25, 0.3) is 0 Å². The maximum Gasteiger partial charge on any atom is 0.226 e. The van der Waals surface area contributed by atoms with E-state index in [1.807, 2.05) is 18.2 Å². The summed E-state index contributed by atoms with van der Waals surface area (Å²) in [5, 5.41) is 3.26. The van der Waals surface area contributed by atoms with E-state index in [-0.39, 0.29) is 6.04 Å². The minimum absolute atomic E-state index is 0.0792. The fraction of sp³-hybridized carbons (Fsp3) is 0.375. The number of alkyl halides is 1. The third kappa shape index (κ3) is 5.23. The van der Waals surface area contributed by atoms with E-state index < -0.39 is 0 Å². The second-order valence-corrected chi connectivity index (χ2v) is 5.06. The number of anilines is 1. The summed E-state index contributed by atoms with van der Waals surface area (Å²) in [7, 11) is 0. The molecule has 0 bridgehead atoms. The molecule has 0 amide bonds. The molecule has 4 nitrogen and oxygen atoms in total. The highest BCUT2D eigenvalue weighted by atomic mass is 35.5. The SMILES string of the molecule is CCCOc1ccnc(NC(CCl)Cc2ccccc2)n1. The molecule has 112 valence electrons. The first-order valence-corrected chi connectivity index (χ1v) is 7.67. The predicted octanol–water partition coefficient (Wildman–Crippen LogP) is 3.53. The summed E-state index contributed by atoms with van der Waals surface area (Å²) in [5.74, 6) is 1.62. The number of aromatic nitrogens is 2. The molecule has 0 radical (unpaired) electrons. The van der Waals surface area contributed by atoms with Gasteiger partial charge in [0.15, 0.2) is 0 Å². The lowest BCUT2D eigenvalue weighted by Gasteiger charge is -2.16. The Bertz CT molecular complexity index is 536. The summed E-state index contributed by atoms with van der Waals surface area (Å²) >= 11 is 6.04. The highest BCUT2D eigenvalue weighted by molar-refractivity contribution is 6.18. The van der Waals surface area contributed by atoms with Crippen molar-refractivity contribution in [2.45, 2.75) is 25.8 Å². The molecule has 1 aromatic carbocycles. The van der Waals surface area contributed by atoms with E-state index in [1.54, 1.807) is 12.3 Å². The monoisotopic (exact) mass is 305 g/mol. The largest absolute Gasteiger partial charge is 0.478 e. The fourth-order valence-electron chi connectivity index (χ4n) is 1.92. The molecule has 0 aliphatic rings. The van der Waals surface area contributed by atoms with Crippen molar-refractivity contribution in [1.29, 1.82) is 0 Å². The lowest BCUT2D eigenvalue weighted by atomic mass is 10.1. The van der Waals surface area contributed by atoms with E-state index in [4.69, 9.17) is 16.3 Å². The van der Waals surface area contributed by atoms with Gasteiger partial charge in [-0.1, -0.05) is 37.3 Å². The second-order valence-electron chi connectivity index (χ2n) is 4.75. The Morgan fingerprint density at radius 3 is 2.76 bits per heavy atom. The molecule has 1 atom stereocenters. The first-order chi connectivity index (χ1) is 10.3. The zero-order chi connectivity index (χ0) is 14.9. The number of hydrogen-bond donors (Lipinski definition) is 1. The molecule has 0 saturated heterocycles. The van der Waals surface area contributed by atoms with Gasteiger partial charge in [-0.25, -0.2) is 4.98 Å². The molecule has 0 saturated carbocycles. The number of benzene rings is 1. The van der Waals surface area contributed by atoms with Crippen LogP contribution < -0.4 is 10.1 Å². The van der Waals surface area contributed by atoms with Crippen molar-refractivity contribution in [3.63, 3.8) is 0 Å². The van der Waals surface area contributed by atoms with Crippen LogP contribution in [-0.4, -0.2) is 28.5 Å². The third-order valence-electron chi connectivity index (χ3n) is 2.93. The average Bonchev–Trinajstić information content (AvgIpc) is 2.53. The van der Waals surface area contributed by atoms with Crippen LogP contribution in [0.2, 0.25) is 0 Å². The molecule has 0 spiro atoms. The molecule has 5 heteroatoms. The molecule has 1 aromatic heterocycles. The zero-order valence-corrected chi connectivity index (χ0v) is 12.9. The van der Waals surface area contributed by atoms with Gasteiger partial charge in [0.1, 0.15) is 0 Å². The van der Waals surface area contributed by atoms with Gasteiger partial charge >= 0.3 is 0 Å². The van der Waals surface area contributed by atoms with E-state index in [9.17, 15) is 0 Å². The first-order valence-electron chi connectivity index (χ1n) is 7.14. The van der Waals surface area contributed by atoms with E-state index in [2.05, 4.69) is 34.3 Å². The summed E-state index contributed by atoms with van der Waals surface area (Å²) in [6.07, 6.45) is 3.47. The zero-order valence-electron chi connectivity index (χ0n) is 12.1. The Labute approximate surface area is 130 Å². The minimum Gasteiger partial charge on any atom is -0.478 e. The molecule has 1 heterocycles. The average molecular weight is 306 g/mol. The van der Waals surface area contributed by atoms with Crippen molar-refractivity contribution < 1.29 is 4.74 Å². The number of hydrogen-bond acceptors (Lipinski definition) is 4. The molecule has 0 aliphatic carbocycles. The summed E-state index contributed by atoms with van der Waals surface area (Å²) in [5.41, 5.74) is 1.23. The summed E-state index contributed by atoms with van der Waals surface area (Å²) in [6.45, 7) is 2.71. The molecular formula is C16H20ClN3O. The Morgan fingerprint density at radius 1 is 1.24 bits per heavy atom. The summed E-state index contributed by atoms with van der Waals surface area (Å²) in [4.78, 5) is 8.55. The molecule has 1 N–H and O–H groups in total. The molecule has 2 rings (SSSR count). The second kappa shape index (κ2) is 8.47. The van der Waals surface area contributed by atoms with Crippen LogP contribution in [-0.2, 0) is 6.42 Å². The standard InChI is InChI=1S/C16H20ClN3O/c1-2-10-21-15-8-9-18-16(20-15)19-14(12-17)11-13-6-4-3-5-7-13/h3-9,14H,2,10-12H2,1H3,(H,18,19,20). The van der Waals surface area contributed by atoms with E-state index >= 15 is 0 Å². The van der Waals surface area contributed by atoms with Crippen LogP contribution in [0.15, 0.2) is 42.6 Å². The van der Waals surface area contributed by atoms with Crippen LogP contribution in [0.4, 0.5) is 5.95 Å². The van der Waals surface area contributed by atoms with Crippen molar-refractivity contribution in [3.8, 4) is 5.88 Å². The first kappa shape index (κ1) is 15.6. The Hall–Kier alpha value is -1.81. The lowest BCUT2D eigenvalue weighted by molar-refractivity contribution is 0.305. The fourth-order valence-corrected chi connectivity index (χ4v) is 2.11. The van der Waals surface area contributed by atoms with E-state index in [0.29, 0.717) is 24.3 Å². The number of nitrogens with zero attached hydrogens (tertiary/aromatic N) is 2. The van der Waals surface area contributed by atoms with Gasteiger partial charge in [-0.3, -0.25) is 0 Å². The minimum atomic E-state index is 0.0792. The van der Waals surface area contributed by atoms with Gasteiger partial charge in [-0.2, -0.15) is 4.98 Å². The normalized spacial score (nSPS) is 11.9. The van der Waals surface area contributed by atoms with Gasteiger partial charge in [0.2, 0.25) is 11.8 Å². The van der Waals surface area contributed by atoms with Gasteiger partial charge in [-0.15, -0.1) is 11.6 Å². The van der Waals surface area contributed by atoms with Crippen molar-refractivity contribution in [2.24, 2.45) is 0 Å². The van der Waals surface area contributed by atoms with Crippen molar-refractivity contribution >= 4 is 17.5 Å². The number of ether oxygens (including phenoxy) is 1. The maximum atomic E-state index is 6.04. The number of rotatable bonds is 8. The molecule has 0 aliphatic heterocycles. The molecule has 21 heavy (non-hydrogen) atoms. The van der Waals surface area contributed by atoms with Crippen LogP contribution in [0, 0.1) is 0 Å². The van der Waals surface area contributed by atoms with Crippen molar-refractivity contribution in [1.82, 2.24) is 9.97 Å².